The number of carbonyl (C=O) groups is 3. The van der Waals surface area contributed by atoms with Crippen molar-refractivity contribution < 1.29 is 29.0 Å². The van der Waals surface area contributed by atoms with Crippen LogP contribution >= 0.6 is 11.3 Å². The molecule has 0 bridgehead atoms. The Labute approximate surface area is 144 Å². The van der Waals surface area contributed by atoms with Gasteiger partial charge in [0, 0.05) is 4.88 Å². The average molecular weight is 355 g/mol. The van der Waals surface area contributed by atoms with Gasteiger partial charge in [-0.25, -0.2) is 9.59 Å². The lowest BCUT2D eigenvalue weighted by Crippen LogP contribution is -2.21. The van der Waals surface area contributed by atoms with Crippen LogP contribution in [-0.2, 0) is 31.9 Å². The van der Waals surface area contributed by atoms with Crippen LogP contribution in [0.3, 0.4) is 0 Å². The van der Waals surface area contributed by atoms with Gasteiger partial charge in [-0.2, -0.15) is 0 Å². The van der Waals surface area contributed by atoms with Gasteiger partial charge in [-0.3, -0.25) is 4.79 Å². The SMILES string of the molecule is CCC1CCc2c(sc(NC(=O)COCC(=O)O)c2C(=O)OC)C1. The molecule has 0 saturated carbocycles. The minimum atomic E-state index is -1.14. The summed E-state index contributed by atoms with van der Waals surface area (Å²) in [5.41, 5.74) is 1.37. The lowest BCUT2D eigenvalue weighted by molar-refractivity contribution is -0.143. The van der Waals surface area contributed by atoms with Crippen LogP contribution < -0.4 is 5.32 Å². The minimum Gasteiger partial charge on any atom is -0.480 e. The van der Waals surface area contributed by atoms with Crippen molar-refractivity contribution in [2.45, 2.75) is 32.6 Å². The van der Waals surface area contributed by atoms with Crippen LogP contribution in [0.4, 0.5) is 5.00 Å². The van der Waals surface area contributed by atoms with E-state index in [0.29, 0.717) is 16.5 Å². The Kier molecular flexibility index (Phi) is 6.33. The van der Waals surface area contributed by atoms with E-state index in [1.54, 1.807) is 0 Å². The Hall–Kier alpha value is -1.93. The van der Waals surface area contributed by atoms with Gasteiger partial charge in [0.2, 0.25) is 0 Å². The van der Waals surface area contributed by atoms with Gasteiger partial charge in [-0.05, 0) is 30.7 Å². The number of anilines is 1. The molecule has 0 aliphatic heterocycles. The van der Waals surface area contributed by atoms with Crippen LogP contribution in [0.1, 0.15) is 40.6 Å². The number of aliphatic carboxylic acids is 1. The first kappa shape index (κ1) is 18.4. The highest BCUT2D eigenvalue weighted by atomic mass is 32.1. The Morgan fingerprint density at radius 2 is 2.08 bits per heavy atom. The largest absolute Gasteiger partial charge is 0.480 e. The maximum Gasteiger partial charge on any atom is 0.341 e. The number of hydrogen-bond acceptors (Lipinski definition) is 6. The van der Waals surface area contributed by atoms with E-state index in [1.165, 1.54) is 18.4 Å². The summed E-state index contributed by atoms with van der Waals surface area (Å²) in [6.45, 7) is 1.22. The van der Waals surface area contributed by atoms with E-state index in [9.17, 15) is 14.4 Å². The number of carbonyl (C=O) groups excluding carboxylic acids is 2. The van der Waals surface area contributed by atoms with Gasteiger partial charge in [0.25, 0.3) is 5.91 Å². The summed E-state index contributed by atoms with van der Waals surface area (Å²) in [5, 5.41) is 11.6. The summed E-state index contributed by atoms with van der Waals surface area (Å²) in [6.07, 6.45) is 3.78. The standard InChI is InChI=1S/C16H21NO6S/c1-3-9-4-5-10-11(6-9)24-15(14(10)16(21)22-2)17-12(18)7-23-8-13(19)20/h9H,3-8H2,1-2H3,(H,17,18)(H,19,20). The number of rotatable bonds is 7. The number of thiophene rings is 1. The fourth-order valence-corrected chi connectivity index (χ4v) is 4.17. The number of ether oxygens (including phenoxy) is 2. The molecule has 2 rings (SSSR count). The maximum absolute atomic E-state index is 12.1. The van der Waals surface area contributed by atoms with E-state index in [-0.39, 0.29) is 6.61 Å². The third-order valence-corrected chi connectivity index (χ3v) is 5.22. The zero-order valence-corrected chi connectivity index (χ0v) is 14.5. The molecule has 132 valence electrons. The predicted octanol–water partition coefficient (Wildman–Crippen LogP) is 2.09. The van der Waals surface area contributed by atoms with E-state index in [0.717, 1.165) is 36.1 Å². The van der Waals surface area contributed by atoms with Crippen molar-refractivity contribution in [1.82, 2.24) is 0 Å². The van der Waals surface area contributed by atoms with Gasteiger partial charge in [0.15, 0.2) is 0 Å². The Morgan fingerprint density at radius 1 is 1.33 bits per heavy atom. The molecule has 0 spiro atoms. The highest BCUT2D eigenvalue weighted by Gasteiger charge is 2.29. The first-order chi connectivity index (χ1) is 11.5. The van der Waals surface area contributed by atoms with Gasteiger partial charge < -0.3 is 19.9 Å². The molecule has 0 radical (unpaired) electrons. The van der Waals surface area contributed by atoms with Crippen molar-refractivity contribution in [3.63, 3.8) is 0 Å². The lowest BCUT2D eigenvalue weighted by atomic mass is 9.86. The van der Waals surface area contributed by atoms with Crippen molar-refractivity contribution in [1.29, 1.82) is 0 Å². The zero-order chi connectivity index (χ0) is 17.7. The zero-order valence-electron chi connectivity index (χ0n) is 13.7. The van der Waals surface area contributed by atoms with Crippen LogP contribution in [0.15, 0.2) is 0 Å². The van der Waals surface area contributed by atoms with E-state index in [4.69, 9.17) is 14.6 Å². The van der Waals surface area contributed by atoms with Gasteiger partial charge in [-0.15, -0.1) is 11.3 Å². The molecule has 1 aromatic heterocycles. The van der Waals surface area contributed by atoms with Crippen molar-refractivity contribution in [2.75, 3.05) is 25.6 Å². The van der Waals surface area contributed by atoms with E-state index < -0.39 is 24.5 Å². The van der Waals surface area contributed by atoms with Gasteiger partial charge in [0.1, 0.15) is 18.2 Å². The Balaban J connectivity index is 2.16. The molecule has 7 nitrogen and oxygen atoms in total. The molecule has 0 saturated heterocycles. The second-order valence-electron chi connectivity index (χ2n) is 5.65. The fourth-order valence-electron chi connectivity index (χ4n) is 2.80. The van der Waals surface area contributed by atoms with Crippen LogP contribution in [0.5, 0.6) is 0 Å². The van der Waals surface area contributed by atoms with Crippen molar-refractivity contribution in [2.24, 2.45) is 5.92 Å². The monoisotopic (exact) mass is 355 g/mol. The van der Waals surface area contributed by atoms with Crippen molar-refractivity contribution in [3.05, 3.63) is 16.0 Å². The first-order valence-corrected chi connectivity index (χ1v) is 8.60. The first-order valence-electron chi connectivity index (χ1n) is 7.78. The van der Waals surface area contributed by atoms with E-state index in [2.05, 4.69) is 12.2 Å². The molecule has 1 heterocycles. The average Bonchev–Trinajstić information content (AvgIpc) is 2.90. The van der Waals surface area contributed by atoms with Crippen LogP contribution in [0.2, 0.25) is 0 Å². The summed E-state index contributed by atoms with van der Waals surface area (Å²) in [4.78, 5) is 35.5. The van der Waals surface area contributed by atoms with Crippen molar-refractivity contribution >= 4 is 34.2 Å². The maximum atomic E-state index is 12.1. The quantitative estimate of drug-likeness (QED) is 0.726. The second kappa shape index (κ2) is 8.25. The third-order valence-electron chi connectivity index (χ3n) is 4.05. The molecule has 1 aromatic rings. The van der Waals surface area contributed by atoms with E-state index in [1.807, 2.05) is 0 Å². The number of amides is 1. The normalized spacial score (nSPS) is 16.3. The molecule has 1 amide bonds. The number of carboxylic acids is 1. The highest BCUT2D eigenvalue weighted by molar-refractivity contribution is 7.17. The molecular formula is C16H21NO6S. The molecule has 1 unspecified atom stereocenters. The smallest absolute Gasteiger partial charge is 0.341 e. The fraction of sp³-hybridized carbons (Fsp3) is 0.562. The molecule has 1 aliphatic rings. The summed E-state index contributed by atoms with van der Waals surface area (Å²) < 4.78 is 9.63. The molecule has 0 aromatic carbocycles. The number of nitrogens with one attached hydrogen (secondary N) is 1. The summed E-state index contributed by atoms with van der Waals surface area (Å²) >= 11 is 1.39. The lowest BCUT2D eigenvalue weighted by Gasteiger charge is -2.20. The van der Waals surface area contributed by atoms with Crippen LogP contribution in [0.25, 0.3) is 0 Å². The number of hydrogen-bond donors (Lipinski definition) is 2. The van der Waals surface area contributed by atoms with Gasteiger partial charge in [-0.1, -0.05) is 13.3 Å². The number of esters is 1. The molecule has 1 aliphatic carbocycles. The Morgan fingerprint density at radius 3 is 2.71 bits per heavy atom. The number of carboxylic acid groups (broad SMARTS) is 1. The molecular weight excluding hydrogens is 334 g/mol. The van der Waals surface area contributed by atoms with E-state index >= 15 is 0 Å². The van der Waals surface area contributed by atoms with Crippen LogP contribution in [-0.4, -0.2) is 43.3 Å². The van der Waals surface area contributed by atoms with Crippen LogP contribution in [0, 0.1) is 5.92 Å². The molecule has 24 heavy (non-hydrogen) atoms. The minimum absolute atomic E-state index is 0.382. The van der Waals surface area contributed by atoms with Gasteiger partial charge >= 0.3 is 11.9 Å². The summed E-state index contributed by atoms with van der Waals surface area (Å²) in [7, 11) is 1.31. The molecule has 1 atom stereocenters. The van der Waals surface area contributed by atoms with Gasteiger partial charge in [0.05, 0.1) is 12.7 Å². The summed E-state index contributed by atoms with van der Waals surface area (Å²) in [5.74, 6) is -1.52. The molecule has 2 N–H and O–H groups in total. The molecule has 8 heteroatoms. The predicted molar refractivity (Wildman–Crippen MR) is 88.5 cm³/mol. The molecule has 0 fully saturated rings. The third kappa shape index (κ3) is 4.33. The van der Waals surface area contributed by atoms with Crippen molar-refractivity contribution in [3.8, 4) is 0 Å². The topological polar surface area (TPSA) is 102 Å². The number of fused-ring (bicyclic) bond motifs is 1. The summed E-state index contributed by atoms with van der Waals surface area (Å²) in [6, 6.07) is 0. The Bertz CT molecular complexity index is 639. The second-order valence-corrected chi connectivity index (χ2v) is 6.76. The number of methoxy groups -OCH3 is 1. The highest BCUT2D eigenvalue weighted by Crippen LogP contribution is 2.40.